The van der Waals surface area contributed by atoms with Gasteiger partial charge in [-0.05, 0) is 0 Å². The molecule has 0 fully saturated rings. The number of hydrogen-bond donors (Lipinski definition) is 2. The quantitative estimate of drug-likeness (QED) is 0.383. The maximum Gasteiger partial charge on any atom is 0.673 e. The molecule has 9 heavy (non-hydrogen) atoms. The van der Waals surface area contributed by atoms with Crippen molar-refractivity contribution >= 4 is 7.25 Å². The average Bonchev–Trinajstić information content (AvgIpc) is 1.61. The van der Waals surface area contributed by atoms with Crippen molar-refractivity contribution < 1.29 is 28.1 Å². The van der Waals surface area contributed by atoms with Crippen LogP contribution in [0.4, 0.5) is 17.3 Å². The van der Waals surface area contributed by atoms with E-state index in [-0.39, 0.29) is 6.61 Å². The molecule has 0 aromatic rings. The average molecular weight is 149 g/mol. The number of halogens is 4. The van der Waals surface area contributed by atoms with Crippen molar-refractivity contribution in [1.29, 1.82) is 0 Å². The van der Waals surface area contributed by atoms with Crippen molar-refractivity contribution in [2.45, 2.75) is 0 Å². The molecular formula is C2H8BF4NO. The van der Waals surface area contributed by atoms with Gasteiger partial charge in [0.25, 0.3) is 0 Å². The first kappa shape index (κ1) is 11.5. The van der Waals surface area contributed by atoms with Crippen LogP contribution in [0.1, 0.15) is 0 Å². The molecule has 0 aliphatic rings. The Bertz CT molecular complexity index is 49.0. The third kappa shape index (κ3) is 505. The molecule has 0 atom stereocenters. The minimum absolute atomic E-state index is 0.208. The highest BCUT2D eigenvalue weighted by Gasteiger charge is 2.20. The van der Waals surface area contributed by atoms with Crippen molar-refractivity contribution in [3.63, 3.8) is 0 Å². The van der Waals surface area contributed by atoms with Crippen LogP contribution < -0.4 is 5.73 Å². The number of aliphatic hydroxyl groups is 1. The summed E-state index contributed by atoms with van der Waals surface area (Å²) >= 11 is 0. The first-order chi connectivity index (χ1) is 3.91. The second-order valence-electron chi connectivity index (χ2n) is 1.07. The molecule has 0 spiro atoms. The molecule has 4 N–H and O–H groups in total. The van der Waals surface area contributed by atoms with Crippen molar-refractivity contribution in [3.8, 4) is 0 Å². The largest absolute Gasteiger partial charge is 0.673 e. The summed E-state index contributed by atoms with van der Waals surface area (Å²) in [6.07, 6.45) is 0. The molecule has 0 saturated heterocycles. The fourth-order valence-electron chi connectivity index (χ4n) is 0. The van der Waals surface area contributed by atoms with Gasteiger partial charge in [-0.15, -0.1) is 0 Å². The van der Waals surface area contributed by atoms with Gasteiger partial charge in [0.2, 0.25) is 0 Å². The Morgan fingerprint density at radius 3 is 1.33 bits per heavy atom. The van der Waals surface area contributed by atoms with Crippen LogP contribution in [0.25, 0.3) is 0 Å². The summed E-state index contributed by atoms with van der Waals surface area (Å²) in [6.45, 7) is 0.833. The second kappa shape index (κ2) is 5.83. The molecule has 0 aliphatic carbocycles. The van der Waals surface area contributed by atoms with Gasteiger partial charge >= 0.3 is 7.25 Å². The van der Waals surface area contributed by atoms with Crippen molar-refractivity contribution in [1.82, 2.24) is 0 Å². The van der Waals surface area contributed by atoms with Gasteiger partial charge in [0.1, 0.15) is 0 Å². The van der Waals surface area contributed by atoms with Crippen LogP contribution >= 0.6 is 0 Å². The summed E-state index contributed by atoms with van der Waals surface area (Å²) in [6, 6.07) is 0. The Morgan fingerprint density at radius 1 is 1.22 bits per heavy atom. The van der Waals surface area contributed by atoms with Crippen LogP contribution in [-0.4, -0.2) is 25.5 Å². The van der Waals surface area contributed by atoms with E-state index in [4.69, 9.17) is 5.11 Å². The Balaban J connectivity index is 0. The van der Waals surface area contributed by atoms with E-state index < -0.39 is 7.25 Å². The predicted molar refractivity (Wildman–Crippen MR) is 25.0 cm³/mol. The Labute approximate surface area is 49.8 Å². The van der Waals surface area contributed by atoms with Crippen molar-refractivity contribution in [2.24, 2.45) is 0 Å². The van der Waals surface area contributed by atoms with Gasteiger partial charge < -0.3 is 28.1 Å². The Hall–Kier alpha value is -0.295. The zero-order valence-corrected chi connectivity index (χ0v) is 4.66. The molecule has 2 nitrogen and oxygen atoms in total. The first-order valence-electron chi connectivity index (χ1n) is 2.19. The van der Waals surface area contributed by atoms with Gasteiger partial charge in [0, 0.05) is 0 Å². The monoisotopic (exact) mass is 149 g/mol. The molecule has 0 aliphatic heterocycles. The second-order valence-corrected chi connectivity index (χ2v) is 1.07. The third-order valence-corrected chi connectivity index (χ3v) is 0.158. The van der Waals surface area contributed by atoms with Gasteiger partial charge in [-0.3, -0.25) is 0 Å². The topological polar surface area (TPSA) is 47.9 Å². The molecular weight excluding hydrogens is 141 g/mol. The van der Waals surface area contributed by atoms with Gasteiger partial charge in [-0.2, -0.15) is 0 Å². The highest BCUT2D eigenvalue weighted by Crippen LogP contribution is 2.06. The minimum atomic E-state index is -6.00. The molecule has 58 valence electrons. The fraction of sp³-hybridized carbons (Fsp3) is 1.00. The van der Waals surface area contributed by atoms with Crippen LogP contribution in [0.3, 0.4) is 0 Å². The van der Waals surface area contributed by atoms with Crippen LogP contribution in [-0.2, 0) is 0 Å². The van der Waals surface area contributed by atoms with Gasteiger partial charge in [0.05, 0.1) is 13.2 Å². The van der Waals surface area contributed by atoms with E-state index in [1.807, 2.05) is 0 Å². The third-order valence-electron chi connectivity index (χ3n) is 0.158. The lowest BCUT2D eigenvalue weighted by molar-refractivity contribution is -0.372. The predicted octanol–water partition coefficient (Wildman–Crippen LogP) is -0.479. The number of aliphatic hydroxyl groups excluding tert-OH is 1. The summed E-state index contributed by atoms with van der Waals surface area (Å²) in [4.78, 5) is 0. The molecule has 7 heteroatoms. The van der Waals surface area contributed by atoms with E-state index in [2.05, 4.69) is 5.73 Å². The summed E-state index contributed by atoms with van der Waals surface area (Å²) in [5, 5.41) is 7.81. The lowest BCUT2D eigenvalue weighted by Crippen LogP contribution is -2.51. The van der Waals surface area contributed by atoms with E-state index in [9.17, 15) is 17.3 Å². The minimum Gasteiger partial charge on any atom is -0.418 e. The maximum atomic E-state index is 9.75. The van der Waals surface area contributed by atoms with E-state index in [1.54, 1.807) is 0 Å². The molecule has 0 aromatic carbocycles. The molecule has 0 rings (SSSR count). The zero-order valence-electron chi connectivity index (χ0n) is 4.66. The Kier molecular flexibility index (Phi) is 7.45. The van der Waals surface area contributed by atoms with E-state index in [0.717, 1.165) is 0 Å². The van der Waals surface area contributed by atoms with Crippen LogP contribution in [0, 0.1) is 0 Å². The van der Waals surface area contributed by atoms with E-state index in [0.29, 0.717) is 6.54 Å². The number of hydrogen-bond acceptors (Lipinski definition) is 1. The first-order valence-corrected chi connectivity index (χ1v) is 2.19. The SMILES string of the molecule is F[B-](F)(F)F.[NH3+]CCO. The molecule has 0 radical (unpaired) electrons. The van der Waals surface area contributed by atoms with E-state index in [1.165, 1.54) is 0 Å². The standard InChI is InChI=1S/C2H7NO.BF4/c3-1-2-4;2-1(3,4)5/h4H,1-3H2;/q;-1/p+1. The highest BCUT2D eigenvalue weighted by atomic mass is 19.5. The normalized spacial score (nSPS) is 10.0. The van der Waals surface area contributed by atoms with Crippen molar-refractivity contribution in [2.75, 3.05) is 13.2 Å². The molecule has 0 saturated carbocycles. The van der Waals surface area contributed by atoms with Gasteiger partial charge in [0.15, 0.2) is 0 Å². The van der Waals surface area contributed by atoms with Gasteiger partial charge in [-0.25, -0.2) is 0 Å². The summed E-state index contributed by atoms with van der Waals surface area (Å²) in [5.74, 6) is 0. The zero-order chi connectivity index (χ0) is 7.91. The maximum absolute atomic E-state index is 9.75. The lowest BCUT2D eigenvalue weighted by atomic mass is 10.3. The van der Waals surface area contributed by atoms with Gasteiger partial charge in [-0.1, -0.05) is 0 Å². The van der Waals surface area contributed by atoms with Crippen molar-refractivity contribution in [3.05, 3.63) is 0 Å². The fourth-order valence-corrected chi connectivity index (χ4v) is 0. The molecule has 0 heterocycles. The molecule has 0 bridgehead atoms. The summed E-state index contributed by atoms with van der Waals surface area (Å²) in [5.41, 5.74) is 3.35. The number of quaternary nitrogens is 1. The molecule has 0 unspecified atom stereocenters. The van der Waals surface area contributed by atoms with Crippen LogP contribution in [0.2, 0.25) is 0 Å². The summed E-state index contributed by atoms with van der Waals surface area (Å²) < 4.78 is 39.0. The van der Waals surface area contributed by atoms with E-state index >= 15 is 0 Å². The lowest BCUT2D eigenvalue weighted by Gasteiger charge is -1.94. The molecule has 0 aromatic heterocycles. The number of rotatable bonds is 1. The highest BCUT2D eigenvalue weighted by molar-refractivity contribution is 6.50. The van der Waals surface area contributed by atoms with Crippen LogP contribution in [0.15, 0.2) is 0 Å². The smallest absolute Gasteiger partial charge is 0.418 e. The molecule has 0 amide bonds. The Morgan fingerprint density at radius 2 is 1.33 bits per heavy atom. The summed E-state index contributed by atoms with van der Waals surface area (Å²) in [7, 11) is -6.00. The van der Waals surface area contributed by atoms with Crippen LogP contribution in [0.5, 0.6) is 0 Å².